The third kappa shape index (κ3) is 3.02. The van der Waals surface area contributed by atoms with Crippen molar-refractivity contribution in [1.82, 2.24) is 9.88 Å². The fraction of sp³-hybridized carbons (Fsp3) is 0.538. The smallest absolute Gasteiger partial charge is 0.256 e. The van der Waals surface area contributed by atoms with Crippen molar-refractivity contribution in [2.24, 2.45) is 0 Å². The normalized spacial score (nSPS) is 19.4. The summed E-state index contributed by atoms with van der Waals surface area (Å²) in [6, 6.07) is 1.45. The van der Waals surface area contributed by atoms with Gasteiger partial charge in [-0.25, -0.2) is 4.39 Å². The molecule has 0 spiro atoms. The average Bonchev–Trinajstić information content (AvgIpc) is 2.50. The molecule has 0 unspecified atom stereocenters. The van der Waals surface area contributed by atoms with Gasteiger partial charge in [0.05, 0.1) is 11.8 Å². The molecule has 18 heavy (non-hydrogen) atoms. The lowest BCUT2D eigenvalue weighted by atomic mass is 10.1. The number of halogens is 1. The molecular formula is C13H17FN2OS. The molecule has 1 aromatic heterocycles. The third-order valence-corrected chi connectivity index (χ3v) is 4.50. The summed E-state index contributed by atoms with van der Waals surface area (Å²) >= 11 is 1.86. The second-order valence-electron chi connectivity index (χ2n) is 5.01. The predicted octanol–water partition coefficient (Wildman–Crippen LogP) is 2.58. The molecular weight excluding hydrogens is 251 g/mol. The van der Waals surface area contributed by atoms with E-state index in [0.717, 1.165) is 18.4 Å². The first-order valence-corrected chi connectivity index (χ1v) is 7.01. The maximum Gasteiger partial charge on any atom is 0.256 e. The van der Waals surface area contributed by atoms with E-state index >= 15 is 0 Å². The molecule has 0 atom stereocenters. The first-order valence-electron chi connectivity index (χ1n) is 6.02. The monoisotopic (exact) mass is 268 g/mol. The Hall–Kier alpha value is -1.10. The Kier molecular flexibility index (Phi) is 3.90. The molecule has 2 rings (SSSR count). The van der Waals surface area contributed by atoms with Crippen molar-refractivity contribution in [2.75, 3.05) is 18.8 Å². The molecule has 3 nitrogen and oxygen atoms in total. The van der Waals surface area contributed by atoms with E-state index in [9.17, 15) is 9.18 Å². The van der Waals surface area contributed by atoms with Crippen molar-refractivity contribution in [3.8, 4) is 0 Å². The van der Waals surface area contributed by atoms with Gasteiger partial charge in [0, 0.05) is 29.8 Å². The molecule has 0 N–H and O–H groups in total. The molecule has 0 radical (unpaired) electrons. The van der Waals surface area contributed by atoms with Crippen LogP contribution in [0.3, 0.4) is 0 Å². The van der Waals surface area contributed by atoms with Gasteiger partial charge < -0.3 is 4.90 Å². The van der Waals surface area contributed by atoms with Crippen LogP contribution in [0.2, 0.25) is 0 Å². The summed E-state index contributed by atoms with van der Waals surface area (Å²) in [5.74, 6) is 0.123. The Morgan fingerprint density at radius 2 is 2.28 bits per heavy atom. The fourth-order valence-electron chi connectivity index (χ4n) is 1.94. The molecule has 1 fully saturated rings. The van der Waals surface area contributed by atoms with Crippen LogP contribution in [-0.4, -0.2) is 39.4 Å². The van der Waals surface area contributed by atoms with Gasteiger partial charge in [-0.2, -0.15) is 11.8 Å². The zero-order valence-corrected chi connectivity index (χ0v) is 11.5. The second kappa shape index (κ2) is 5.26. The quantitative estimate of drug-likeness (QED) is 0.785. The van der Waals surface area contributed by atoms with Crippen LogP contribution in [-0.2, 0) is 0 Å². The first-order chi connectivity index (χ1) is 8.49. The van der Waals surface area contributed by atoms with Gasteiger partial charge in [0.2, 0.25) is 0 Å². The summed E-state index contributed by atoms with van der Waals surface area (Å²) in [5.41, 5.74) is 0.120. The minimum absolute atomic E-state index is 0.120. The molecule has 0 aliphatic carbocycles. The van der Waals surface area contributed by atoms with Crippen LogP contribution in [0.25, 0.3) is 0 Å². The van der Waals surface area contributed by atoms with Gasteiger partial charge in [-0.1, -0.05) is 13.8 Å². The minimum atomic E-state index is -0.543. The van der Waals surface area contributed by atoms with Gasteiger partial charge in [0.25, 0.3) is 5.91 Å². The van der Waals surface area contributed by atoms with E-state index in [0.29, 0.717) is 13.1 Å². The molecule has 1 aliphatic heterocycles. The van der Waals surface area contributed by atoms with Crippen molar-refractivity contribution < 1.29 is 9.18 Å². The van der Waals surface area contributed by atoms with E-state index in [1.165, 1.54) is 12.3 Å². The highest BCUT2D eigenvalue weighted by Crippen LogP contribution is 2.31. The lowest BCUT2D eigenvalue weighted by Gasteiger charge is -2.22. The van der Waals surface area contributed by atoms with Crippen LogP contribution in [0.1, 0.15) is 30.6 Å². The van der Waals surface area contributed by atoms with Crippen LogP contribution in [0, 0.1) is 5.82 Å². The summed E-state index contributed by atoms with van der Waals surface area (Å²) in [7, 11) is 0. The largest absolute Gasteiger partial charge is 0.338 e. The summed E-state index contributed by atoms with van der Waals surface area (Å²) in [5, 5.41) is 0. The van der Waals surface area contributed by atoms with Crippen LogP contribution in [0.4, 0.5) is 4.39 Å². The van der Waals surface area contributed by atoms with Crippen molar-refractivity contribution in [3.63, 3.8) is 0 Å². The molecule has 0 saturated carbocycles. The van der Waals surface area contributed by atoms with Gasteiger partial charge in [-0.3, -0.25) is 9.78 Å². The Morgan fingerprint density at radius 1 is 1.50 bits per heavy atom. The average molecular weight is 268 g/mol. The maximum atomic E-state index is 13.5. The Morgan fingerprint density at radius 3 is 3.00 bits per heavy atom. The Bertz CT molecular complexity index is 450. The molecule has 0 bridgehead atoms. The maximum absolute atomic E-state index is 13.5. The Balaban J connectivity index is 2.13. The molecule has 5 heteroatoms. The van der Waals surface area contributed by atoms with Crippen LogP contribution >= 0.6 is 11.8 Å². The van der Waals surface area contributed by atoms with Crippen molar-refractivity contribution >= 4 is 17.7 Å². The number of thioether (sulfide) groups is 1. The first kappa shape index (κ1) is 13.3. The van der Waals surface area contributed by atoms with E-state index in [2.05, 4.69) is 18.8 Å². The zero-order chi connectivity index (χ0) is 13.2. The predicted molar refractivity (Wildman–Crippen MR) is 71.3 cm³/mol. The van der Waals surface area contributed by atoms with Gasteiger partial charge in [0.15, 0.2) is 5.82 Å². The van der Waals surface area contributed by atoms with Gasteiger partial charge >= 0.3 is 0 Å². The van der Waals surface area contributed by atoms with E-state index in [-0.39, 0.29) is 16.2 Å². The van der Waals surface area contributed by atoms with Crippen LogP contribution < -0.4 is 0 Å². The fourth-order valence-corrected chi connectivity index (χ4v) is 3.04. The molecule has 0 aromatic carbocycles. The standard InChI is InChI=1S/C13H17FN2OS/c1-13(2)4-6-16(7-8-18-13)12(17)10-3-5-15-9-11(10)14/h3,5,9H,4,6-8H2,1-2H3. The molecule has 1 aromatic rings. The molecule has 1 aliphatic rings. The topological polar surface area (TPSA) is 33.2 Å². The number of rotatable bonds is 1. The number of hydrogen-bond acceptors (Lipinski definition) is 3. The van der Waals surface area contributed by atoms with E-state index in [1.54, 1.807) is 4.90 Å². The lowest BCUT2D eigenvalue weighted by Crippen LogP contribution is -2.34. The molecule has 2 heterocycles. The van der Waals surface area contributed by atoms with Gasteiger partial charge in [-0.15, -0.1) is 0 Å². The van der Waals surface area contributed by atoms with Crippen molar-refractivity contribution in [3.05, 3.63) is 29.8 Å². The zero-order valence-electron chi connectivity index (χ0n) is 10.6. The number of nitrogens with zero attached hydrogens (tertiary/aromatic N) is 2. The highest BCUT2D eigenvalue weighted by atomic mass is 32.2. The van der Waals surface area contributed by atoms with Gasteiger partial charge in [0.1, 0.15) is 0 Å². The SMILES string of the molecule is CC1(C)CCN(C(=O)c2ccncc2F)CCS1. The third-order valence-electron chi connectivity index (χ3n) is 3.13. The Labute approximate surface area is 111 Å². The van der Waals surface area contributed by atoms with Crippen LogP contribution in [0.15, 0.2) is 18.5 Å². The molecule has 98 valence electrons. The second-order valence-corrected chi connectivity index (χ2v) is 6.81. The lowest BCUT2D eigenvalue weighted by molar-refractivity contribution is 0.0759. The summed E-state index contributed by atoms with van der Waals surface area (Å²) < 4.78 is 13.7. The van der Waals surface area contributed by atoms with Crippen LogP contribution in [0.5, 0.6) is 0 Å². The number of amides is 1. The summed E-state index contributed by atoms with van der Waals surface area (Å²) in [6.07, 6.45) is 3.46. The van der Waals surface area contributed by atoms with Crippen molar-refractivity contribution in [1.29, 1.82) is 0 Å². The highest BCUT2D eigenvalue weighted by molar-refractivity contribution is 8.00. The van der Waals surface area contributed by atoms with E-state index < -0.39 is 5.82 Å². The van der Waals surface area contributed by atoms with Gasteiger partial charge in [-0.05, 0) is 12.5 Å². The van der Waals surface area contributed by atoms with Crippen molar-refractivity contribution in [2.45, 2.75) is 25.0 Å². The minimum Gasteiger partial charge on any atom is -0.338 e. The molecule has 1 amide bonds. The van der Waals surface area contributed by atoms with E-state index in [4.69, 9.17) is 0 Å². The summed E-state index contributed by atoms with van der Waals surface area (Å²) in [4.78, 5) is 17.6. The highest BCUT2D eigenvalue weighted by Gasteiger charge is 2.27. The number of aromatic nitrogens is 1. The number of carbonyl (C=O) groups excluding carboxylic acids is 1. The number of pyridine rings is 1. The van der Waals surface area contributed by atoms with E-state index in [1.807, 2.05) is 11.8 Å². The summed E-state index contributed by atoms with van der Waals surface area (Å²) in [6.45, 7) is 5.71. The number of hydrogen-bond donors (Lipinski definition) is 0. The number of carbonyl (C=O) groups is 1. The molecule has 1 saturated heterocycles.